The van der Waals surface area contributed by atoms with E-state index in [4.69, 9.17) is 9.84 Å². The lowest BCUT2D eigenvalue weighted by molar-refractivity contribution is -0.140. The minimum absolute atomic E-state index is 0.0570. The number of piperidine rings is 1. The summed E-state index contributed by atoms with van der Waals surface area (Å²) in [6, 6.07) is 10.3. The number of ether oxygens (including phenoxy) is 1. The van der Waals surface area contributed by atoms with Gasteiger partial charge in [-0.1, -0.05) is 49.6 Å². The molecule has 6 nitrogen and oxygen atoms in total. The van der Waals surface area contributed by atoms with Gasteiger partial charge in [-0.25, -0.2) is 9.80 Å². The number of benzene rings is 1. The van der Waals surface area contributed by atoms with Crippen molar-refractivity contribution in [2.24, 2.45) is 10.5 Å². The molecule has 0 aromatic heterocycles. The molecule has 2 fully saturated rings. The van der Waals surface area contributed by atoms with Gasteiger partial charge in [-0.15, -0.1) is 0 Å². The lowest BCUT2D eigenvalue weighted by Crippen LogP contribution is -2.56. The van der Waals surface area contributed by atoms with Crippen molar-refractivity contribution in [1.29, 1.82) is 0 Å². The van der Waals surface area contributed by atoms with Gasteiger partial charge in [0.1, 0.15) is 11.0 Å². The number of hydrogen-bond donors (Lipinski definition) is 0. The molecular formula is C24H33N3O3. The molecule has 1 aromatic rings. The van der Waals surface area contributed by atoms with E-state index in [0.717, 1.165) is 37.0 Å². The Hall–Kier alpha value is -2.37. The zero-order valence-corrected chi connectivity index (χ0v) is 18.4. The zero-order chi connectivity index (χ0) is 21.4. The van der Waals surface area contributed by atoms with E-state index in [-0.39, 0.29) is 18.0 Å². The number of amides is 2. The Morgan fingerprint density at radius 3 is 2.53 bits per heavy atom. The SMILES string of the molecule is CC(C)(C)OC(=O)N1CCC2=NN(C3CCCCC3)C(=O)C2(Cc2ccccc2)C1. The molecular weight excluding hydrogens is 378 g/mol. The molecule has 4 rings (SSSR count). The second-order valence-electron chi connectivity index (χ2n) is 9.88. The van der Waals surface area contributed by atoms with Crippen LogP contribution < -0.4 is 0 Å². The van der Waals surface area contributed by atoms with Gasteiger partial charge < -0.3 is 9.64 Å². The maximum absolute atomic E-state index is 13.9. The Morgan fingerprint density at radius 2 is 1.87 bits per heavy atom. The largest absolute Gasteiger partial charge is 0.444 e. The van der Waals surface area contributed by atoms with Crippen LogP contribution in [0.3, 0.4) is 0 Å². The number of hydrazone groups is 1. The topological polar surface area (TPSA) is 62.2 Å². The van der Waals surface area contributed by atoms with Crippen molar-refractivity contribution in [3.8, 4) is 0 Å². The van der Waals surface area contributed by atoms with Crippen LogP contribution >= 0.6 is 0 Å². The van der Waals surface area contributed by atoms with Gasteiger partial charge in [-0.05, 0) is 45.6 Å². The molecule has 2 aliphatic heterocycles. The summed E-state index contributed by atoms with van der Waals surface area (Å²) in [6.45, 7) is 6.47. The van der Waals surface area contributed by atoms with Crippen LogP contribution in [-0.2, 0) is 16.0 Å². The summed E-state index contributed by atoms with van der Waals surface area (Å²) in [5.74, 6) is 0.0570. The van der Waals surface area contributed by atoms with Crippen LogP contribution in [0.2, 0.25) is 0 Å². The molecule has 0 radical (unpaired) electrons. The molecule has 3 aliphatic rings. The fourth-order valence-corrected chi connectivity index (χ4v) is 4.94. The molecule has 1 unspecified atom stereocenters. The minimum Gasteiger partial charge on any atom is -0.444 e. The molecule has 0 N–H and O–H groups in total. The molecule has 6 heteroatoms. The van der Waals surface area contributed by atoms with Crippen molar-refractivity contribution in [3.05, 3.63) is 35.9 Å². The number of nitrogens with zero attached hydrogens (tertiary/aromatic N) is 3. The Labute approximate surface area is 179 Å². The van der Waals surface area contributed by atoms with Gasteiger partial charge in [0.2, 0.25) is 0 Å². The highest BCUT2D eigenvalue weighted by molar-refractivity contribution is 6.13. The first-order valence-electron chi connectivity index (χ1n) is 11.2. The quantitative estimate of drug-likeness (QED) is 0.741. The number of carbonyl (C=O) groups excluding carboxylic acids is 2. The standard InChI is InChI=1S/C24H33N3O3/c1-23(2,3)30-22(29)26-15-14-20-24(17-26,16-18-10-6-4-7-11-18)21(28)27(25-20)19-12-8-5-9-13-19/h4,6-7,10-11,19H,5,8-9,12-17H2,1-3H3. The monoisotopic (exact) mass is 411 g/mol. The number of likely N-dealkylation sites (tertiary alicyclic amines) is 1. The van der Waals surface area contributed by atoms with Crippen molar-refractivity contribution in [2.75, 3.05) is 13.1 Å². The molecule has 1 aromatic carbocycles. The van der Waals surface area contributed by atoms with Crippen LogP contribution in [0.4, 0.5) is 4.79 Å². The average molecular weight is 412 g/mol. The third-order valence-electron chi connectivity index (χ3n) is 6.40. The fourth-order valence-electron chi connectivity index (χ4n) is 4.94. The molecule has 0 bridgehead atoms. The van der Waals surface area contributed by atoms with E-state index in [1.54, 1.807) is 9.91 Å². The smallest absolute Gasteiger partial charge is 0.410 e. The van der Waals surface area contributed by atoms with Crippen molar-refractivity contribution >= 4 is 17.7 Å². The number of carbonyl (C=O) groups is 2. The summed E-state index contributed by atoms with van der Waals surface area (Å²) in [5.41, 5.74) is 0.677. The Bertz CT molecular complexity index is 824. The van der Waals surface area contributed by atoms with E-state index in [2.05, 4.69) is 12.1 Å². The third kappa shape index (κ3) is 4.09. The van der Waals surface area contributed by atoms with Gasteiger partial charge in [0.05, 0.1) is 11.8 Å². The highest BCUT2D eigenvalue weighted by Gasteiger charge is 2.55. The second kappa shape index (κ2) is 8.05. The maximum atomic E-state index is 13.9. The summed E-state index contributed by atoms with van der Waals surface area (Å²) in [5, 5.41) is 6.65. The van der Waals surface area contributed by atoms with E-state index in [1.807, 2.05) is 39.0 Å². The van der Waals surface area contributed by atoms with Crippen LogP contribution in [-0.4, -0.2) is 52.4 Å². The lowest BCUT2D eigenvalue weighted by Gasteiger charge is -2.40. The predicted octanol–water partition coefficient (Wildman–Crippen LogP) is 4.39. The normalized spacial score (nSPS) is 25.2. The summed E-state index contributed by atoms with van der Waals surface area (Å²) in [7, 11) is 0. The molecule has 30 heavy (non-hydrogen) atoms. The Kier molecular flexibility index (Phi) is 5.60. The molecule has 1 saturated heterocycles. The van der Waals surface area contributed by atoms with E-state index >= 15 is 0 Å². The Morgan fingerprint density at radius 1 is 1.17 bits per heavy atom. The highest BCUT2D eigenvalue weighted by atomic mass is 16.6. The van der Waals surface area contributed by atoms with Crippen LogP contribution in [0.25, 0.3) is 0 Å². The highest BCUT2D eigenvalue weighted by Crippen LogP contribution is 2.41. The van der Waals surface area contributed by atoms with Gasteiger partial charge in [0, 0.05) is 19.5 Å². The molecule has 1 aliphatic carbocycles. The summed E-state index contributed by atoms with van der Waals surface area (Å²) < 4.78 is 5.62. The Balaban J connectivity index is 1.63. The average Bonchev–Trinajstić information content (AvgIpc) is 3.00. The molecule has 1 saturated carbocycles. The molecule has 2 heterocycles. The zero-order valence-electron chi connectivity index (χ0n) is 18.4. The number of fused-ring (bicyclic) bond motifs is 1. The van der Waals surface area contributed by atoms with Crippen LogP contribution in [0, 0.1) is 5.41 Å². The van der Waals surface area contributed by atoms with Gasteiger partial charge in [-0.2, -0.15) is 5.10 Å². The van der Waals surface area contributed by atoms with E-state index in [0.29, 0.717) is 25.9 Å². The van der Waals surface area contributed by atoms with Crippen LogP contribution in [0.15, 0.2) is 35.4 Å². The number of rotatable bonds is 3. The van der Waals surface area contributed by atoms with Gasteiger partial charge >= 0.3 is 6.09 Å². The fraction of sp³-hybridized carbons (Fsp3) is 0.625. The number of hydrogen-bond acceptors (Lipinski definition) is 4. The van der Waals surface area contributed by atoms with E-state index in [1.165, 1.54) is 6.42 Å². The van der Waals surface area contributed by atoms with Gasteiger partial charge in [0.25, 0.3) is 5.91 Å². The summed E-state index contributed by atoms with van der Waals surface area (Å²) in [4.78, 5) is 28.4. The molecule has 162 valence electrons. The van der Waals surface area contributed by atoms with Crippen molar-refractivity contribution in [2.45, 2.75) is 77.4 Å². The van der Waals surface area contributed by atoms with Crippen molar-refractivity contribution in [3.63, 3.8) is 0 Å². The summed E-state index contributed by atoms with van der Waals surface area (Å²) in [6.07, 6.45) is 6.38. The van der Waals surface area contributed by atoms with Crippen LogP contribution in [0.5, 0.6) is 0 Å². The van der Waals surface area contributed by atoms with Gasteiger partial charge in [0.15, 0.2) is 0 Å². The van der Waals surface area contributed by atoms with Crippen molar-refractivity contribution in [1.82, 2.24) is 9.91 Å². The molecule has 1 atom stereocenters. The predicted molar refractivity (Wildman–Crippen MR) is 116 cm³/mol. The second-order valence-corrected chi connectivity index (χ2v) is 9.88. The van der Waals surface area contributed by atoms with Gasteiger partial charge in [-0.3, -0.25) is 4.79 Å². The molecule has 2 amide bonds. The maximum Gasteiger partial charge on any atom is 0.410 e. The first kappa shape index (κ1) is 20.9. The first-order valence-corrected chi connectivity index (χ1v) is 11.2. The minimum atomic E-state index is -0.784. The molecule has 0 spiro atoms. The lowest BCUT2D eigenvalue weighted by atomic mass is 9.73. The summed E-state index contributed by atoms with van der Waals surface area (Å²) >= 11 is 0. The van der Waals surface area contributed by atoms with E-state index < -0.39 is 11.0 Å². The third-order valence-corrected chi connectivity index (χ3v) is 6.40. The van der Waals surface area contributed by atoms with Crippen molar-refractivity contribution < 1.29 is 14.3 Å². The van der Waals surface area contributed by atoms with E-state index in [9.17, 15) is 9.59 Å². The first-order chi connectivity index (χ1) is 14.3. The van der Waals surface area contributed by atoms with Crippen LogP contribution in [0.1, 0.15) is 64.9 Å².